The van der Waals surface area contributed by atoms with Crippen LogP contribution in [0.15, 0.2) is 48.8 Å². The fourth-order valence-electron chi connectivity index (χ4n) is 3.16. The lowest BCUT2D eigenvalue weighted by Crippen LogP contribution is -2.24. The van der Waals surface area contributed by atoms with Gasteiger partial charge in [-0.2, -0.15) is 18.2 Å². The van der Waals surface area contributed by atoms with Crippen LogP contribution in [0.3, 0.4) is 0 Å². The molecular formula is C21H16F4N6O2. The van der Waals surface area contributed by atoms with Crippen LogP contribution < -0.4 is 15.8 Å². The van der Waals surface area contributed by atoms with Crippen molar-refractivity contribution in [3.05, 3.63) is 71.3 Å². The van der Waals surface area contributed by atoms with Crippen molar-refractivity contribution in [2.24, 2.45) is 0 Å². The molecule has 170 valence electrons. The number of alkyl halides is 3. The molecule has 0 bridgehead atoms. The first-order valence-electron chi connectivity index (χ1n) is 9.46. The van der Waals surface area contributed by atoms with Crippen LogP contribution in [0.25, 0.3) is 16.9 Å². The number of fused-ring (bicyclic) bond motifs is 1. The van der Waals surface area contributed by atoms with Crippen molar-refractivity contribution in [1.82, 2.24) is 24.9 Å². The largest absolute Gasteiger partial charge is 0.494 e. The van der Waals surface area contributed by atoms with Gasteiger partial charge in [0.1, 0.15) is 11.6 Å². The van der Waals surface area contributed by atoms with Gasteiger partial charge in [-0.25, -0.2) is 8.91 Å². The van der Waals surface area contributed by atoms with E-state index in [0.717, 1.165) is 0 Å². The molecule has 0 aliphatic carbocycles. The van der Waals surface area contributed by atoms with Gasteiger partial charge >= 0.3 is 6.18 Å². The summed E-state index contributed by atoms with van der Waals surface area (Å²) in [5.41, 5.74) is 5.81. The maximum Gasteiger partial charge on any atom is 0.416 e. The minimum absolute atomic E-state index is 0.0655. The lowest BCUT2D eigenvalue weighted by Gasteiger charge is -2.13. The summed E-state index contributed by atoms with van der Waals surface area (Å²) in [6.45, 7) is -0.458. The Hall–Kier alpha value is -4.22. The Balaban J connectivity index is 1.61. The van der Waals surface area contributed by atoms with Crippen LogP contribution in [0.1, 0.15) is 21.5 Å². The van der Waals surface area contributed by atoms with E-state index >= 15 is 0 Å². The van der Waals surface area contributed by atoms with Gasteiger partial charge in [0.2, 0.25) is 5.95 Å². The van der Waals surface area contributed by atoms with E-state index in [4.69, 9.17) is 10.5 Å². The number of hydrogen-bond acceptors (Lipinski definition) is 6. The molecule has 0 radical (unpaired) electrons. The lowest BCUT2D eigenvalue weighted by molar-refractivity contribution is -0.137. The monoisotopic (exact) mass is 460 g/mol. The van der Waals surface area contributed by atoms with Gasteiger partial charge in [0, 0.05) is 23.9 Å². The fraction of sp³-hybridized carbons (Fsp3) is 0.143. The number of rotatable bonds is 5. The Bertz CT molecular complexity index is 1350. The number of halogens is 4. The number of amides is 1. The Labute approximate surface area is 184 Å². The van der Waals surface area contributed by atoms with Gasteiger partial charge in [0.25, 0.3) is 5.91 Å². The molecule has 0 aliphatic rings. The molecule has 4 aromatic rings. The van der Waals surface area contributed by atoms with Crippen molar-refractivity contribution in [1.29, 1.82) is 0 Å². The van der Waals surface area contributed by atoms with Gasteiger partial charge in [0.05, 0.1) is 30.1 Å². The van der Waals surface area contributed by atoms with E-state index < -0.39 is 30.0 Å². The zero-order valence-corrected chi connectivity index (χ0v) is 17.0. The average Bonchev–Trinajstić information content (AvgIpc) is 3.16. The van der Waals surface area contributed by atoms with E-state index in [1.165, 1.54) is 23.9 Å². The summed E-state index contributed by atoms with van der Waals surface area (Å²) in [5.74, 6) is -1.32. The molecule has 0 fully saturated rings. The van der Waals surface area contributed by atoms with Crippen molar-refractivity contribution in [2.45, 2.75) is 12.7 Å². The minimum Gasteiger partial charge on any atom is -0.494 e. The molecule has 0 saturated carbocycles. The van der Waals surface area contributed by atoms with Gasteiger partial charge in [0.15, 0.2) is 5.65 Å². The molecule has 0 unspecified atom stereocenters. The second-order valence-electron chi connectivity index (χ2n) is 6.94. The molecular weight excluding hydrogens is 444 g/mol. The molecule has 3 heterocycles. The van der Waals surface area contributed by atoms with E-state index in [1.807, 2.05) is 0 Å². The summed E-state index contributed by atoms with van der Waals surface area (Å²) in [7, 11) is 1.34. The molecule has 0 saturated heterocycles. The average molecular weight is 460 g/mol. The van der Waals surface area contributed by atoms with Crippen LogP contribution in [0.5, 0.6) is 5.75 Å². The number of anilines is 1. The lowest BCUT2D eigenvalue weighted by atomic mass is 10.1. The number of pyridine rings is 2. The number of nitrogens with two attached hydrogens (primary N) is 1. The number of aromatic nitrogens is 4. The Morgan fingerprint density at radius 2 is 2.00 bits per heavy atom. The van der Waals surface area contributed by atoms with Crippen LogP contribution in [0.4, 0.5) is 23.5 Å². The molecule has 12 heteroatoms. The number of nitrogens with one attached hydrogen (secondary N) is 1. The van der Waals surface area contributed by atoms with Crippen molar-refractivity contribution in [3.63, 3.8) is 0 Å². The maximum atomic E-state index is 14.0. The van der Waals surface area contributed by atoms with Crippen LogP contribution in [-0.2, 0) is 12.7 Å². The maximum absolute atomic E-state index is 14.0. The van der Waals surface area contributed by atoms with E-state index in [1.54, 1.807) is 18.3 Å². The number of nitrogens with zero attached hydrogens (tertiary/aromatic N) is 4. The van der Waals surface area contributed by atoms with Crippen LogP contribution >= 0.6 is 0 Å². The Morgan fingerprint density at radius 1 is 1.21 bits per heavy atom. The van der Waals surface area contributed by atoms with Gasteiger partial charge in [-0.3, -0.25) is 9.78 Å². The first-order chi connectivity index (χ1) is 15.7. The normalized spacial score (nSPS) is 11.5. The van der Waals surface area contributed by atoms with E-state index in [-0.39, 0.29) is 22.8 Å². The second-order valence-corrected chi connectivity index (χ2v) is 6.94. The van der Waals surface area contributed by atoms with Crippen LogP contribution in [0.2, 0.25) is 0 Å². The predicted octanol–water partition coefficient (Wildman–Crippen LogP) is 3.47. The summed E-state index contributed by atoms with van der Waals surface area (Å²) >= 11 is 0. The molecule has 1 aromatic carbocycles. The second kappa shape index (κ2) is 8.37. The van der Waals surface area contributed by atoms with Gasteiger partial charge in [-0.1, -0.05) is 0 Å². The molecule has 3 aromatic heterocycles. The molecule has 1 amide bonds. The molecule has 8 nitrogen and oxygen atoms in total. The summed E-state index contributed by atoms with van der Waals surface area (Å²) in [6, 6.07) is 6.81. The van der Waals surface area contributed by atoms with Crippen molar-refractivity contribution < 1.29 is 27.1 Å². The van der Waals surface area contributed by atoms with Gasteiger partial charge < -0.3 is 15.8 Å². The summed E-state index contributed by atoms with van der Waals surface area (Å²) < 4.78 is 59.4. The Kier molecular flexibility index (Phi) is 5.58. The topological polar surface area (TPSA) is 107 Å². The highest BCUT2D eigenvalue weighted by atomic mass is 19.4. The molecule has 3 N–H and O–H groups in total. The third-order valence-corrected chi connectivity index (χ3v) is 4.79. The summed E-state index contributed by atoms with van der Waals surface area (Å²) in [6.07, 6.45) is -1.68. The van der Waals surface area contributed by atoms with E-state index in [9.17, 15) is 22.4 Å². The van der Waals surface area contributed by atoms with Crippen LogP contribution in [0, 0.1) is 5.82 Å². The third-order valence-electron chi connectivity index (χ3n) is 4.79. The smallest absolute Gasteiger partial charge is 0.416 e. The number of methoxy groups -OCH3 is 1. The zero-order chi connectivity index (χ0) is 23.8. The highest BCUT2D eigenvalue weighted by molar-refractivity contribution is 5.97. The Morgan fingerprint density at radius 3 is 2.73 bits per heavy atom. The van der Waals surface area contributed by atoms with Crippen LogP contribution in [-0.4, -0.2) is 32.6 Å². The highest BCUT2D eigenvalue weighted by Crippen LogP contribution is 2.30. The number of hydrogen-bond donors (Lipinski definition) is 2. The van der Waals surface area contributed by atoms with E-state index in [0.29, 0.717) is 35.1 Å². The van der Waals surface area contributed by atoms with Crippen molar-refractivity contribution >= 4 is 17.5 Å². The number of carbonyl (C=O) groups is 1. The summed E-state index contributed by atoms with van der Waals surface area (Å²) in [5, 5.41) is 6.40. The quantitative estimate of drug-likeness (QED) is 0.442. The van der Waals surface area contributed by atoms with Crippen molar-refractivity contribution in [2.75, 3.05) is 12.8 Å². The fourth-order valence-corrected chi connectivity index (χ4v) is 3.16. The predicted molar refractivity (Wildman–Crippen MR) is 110 cm³/mol. The SMILES string of the molecule is COc1cnc(-c2ccn3nc(N)nc3c2)cc1C(=O)NCc1cc(C(F)(F)F)ccc1F. The number of ether oxygens (including phenoxy) is 1. The number of nitrogen functional groups attached to an aromatic ring is 1. The highest BCUT2D eigenvalue weighted by Gasteiger charge is 2.31. The standard InChI is InChI=1S/C21H16F4N6O2/c1-33-17-10-27-16(11-4-5-31-18(7-11)29-20(26)30-31)8-14(17)19(32)28-9-12-6-13(21(23,24)25)2-3-15(12)22/h2-8,10H,9H2,1H3,(H2,26,30)(H,28,32). The van der Waals surface area contributed by atoms with E-state index in [2.05, 4.69) is 20.4 Å². The third kappa shape index (κ3) is 4.54. The summed E-state index contributed by atoms with van der Waals surface area (Å²) in [4.78, 5) is 21.1. The molecule has 0 atom stereocenters. The van der Waals surface area contributed by atoms with Crippen molar-refractivity contribution in [3.8, 4) is 17.0 Å². The van der Waals surface area contributed by atoms with Gasteiger partial charge in [-0.15, -0.1) is 5.10 Å². The first kappa shape index (κ1) is 22.0. The number of benzene rings is 1. The molecule has 33 heavy (non-hydrogen) atoms. The zero-order valence-electron chi connectivity index (χ0n) is 17.0. The first-order valence-corrected chi connectivity index (χ1v) is 9.46. The molecule has 4 rings (SSSR count). The number of carbonyl (C=O) groups excluding carboxylic acids is 1. The van der Waals surface area contributed by atoms with Gasteiger partial charge in [-0.05, 0) is 36.4 Å². The minimum atomic E-state index is -4.63. The molecule has 0 aliphatic heterocycles. The molecule has 0 spiro atoms.